The molecule has 1 aromatic heterocycles. The number of fused-ring (bicyclic) bond motifs is 3. The molecule has 0 unspecified atom stereocenters. The Labute approximate surface area is 161 Å². The van der Waals surface area contributed by atoms with E-state index in [0.717, 1.165) is 18.4 Å². The molecule has 1 aliphatic carbocycles. The van der Waals surface area contributed by atoms with Crippen LogP contribution < -0.4 is 0 Å². The number of hydrogen-bond acceptors (Lipinski definition) is 0. The molecule has 1 heterocycles. The van der Waals surface area contributed by atoms with E-state index in [1.807, 2.05) is 19.1 Å². The van der Waals surface area contributed by atoms with Crippen LogP contribution >= 0.6 is 0 Å². The molecule has 4 rings (SSSR count). The highest BCUT2D eigenvalue weighted by Gasteiger charge is 2.12. The Hall–Kier alpha value is -3.06. The molecule has 1 aliphatic rings. The summed E-state index contributed by atoms with van der Waals surface area (Å²) in [5.74, 6) is 0. The highest BCUT2D eigenvalue weighted by molar-refractivity contribution is 6.09. The van der Waals surface area contributed by atoms with Crippen molar-refractivity contribution in [2.24, 2.45) is 7.05 Å². The van der Waals surface area contributed by atoms with Crippen molar-refractivity contribution in [1.29, 1.82) is 0 Å². The van der Waals surface area contributed by atoms with Gasteiger partial charge in [-0.25, -0.2) is 0 Å². The molecule has 0 aliphatic heterocycles. The first-order chi connectivity index (χ1) is 13.2. The maximum Gasteiger partial charge on any atom is 0.0489 e. The summed E-state index contributed by atoms with van der Waals surface area (Å²) in [5.41, 5.74) is 7.63. The molecule has 1 heteroatoms. The zero-order chi connectivity index (χ0) is 18.8. The van der Waals surface area contributed by atoms with E-state index in [-0.39, 0.29) is 0 Å². The number of allylic oxidation sites excluding steroid dienone is 9. The summed E-state index contributed by atoms with van der Waals surface area (Å²) in [6, 6.07) is 13.6. The molecule has 0 amide bonds. The van der Waals surface area contributed by atoms with Crippen molar-refractivity contribution in [2.45, 2.75) is 19.8 Å². The Kier molecular flexibility index (Phi) is 4.68. The lowest BCUT2D eigenvalue weighted by Gasteiger charge is -2.09. The largest absolute Gasteiger partial charge is 0.344 e. The number of aromatic nitrogens is 1. The van der Waals surface area contributed by atoms with Gasteiger partial charge in [-0.2, -0.15) is 0 Å². The summed E-state index contributed by atoms with van der Waals surface area (Å²) in [7, 11) is 2.15. The third kappa shape index (κ3) is 3.10. The van der Waals surface area contributed by atoms with Gasteiger partial charge in [0.2, 0.25) is 0 Å². The van der Waals surface area contributed by atoms with Gasteiger partial charge < -0.3 is 4.57 Å². The van der Waals surface area contributed by atoms with Crippen LogP contribution in [0.4, 0.5) is 0 Å². The summed E-state index contributed by atoms with van der Waals surface area (Å²) in [5, 5.41) is 2.61. The minimum Gasteiger partial charge on any atom is -0.344 e. The summed E-state index contributed by atoms with van der Waals surface area (Å²) in [6.07, 6.45) is 17.0. The van der Waals surface area contributed by atoms with Gasteiger partial charge in [-0.15, -0.1) is 0 Å². The van der Waals surface area contributed by atoms with Crippen LogP contribution in [0.25, 0.3) is 33.0 Å². The maximum atomic E-state index is 3.99. The molecule has 0 N–H and O–H groups in total. The Morgan fingerprint density at radius 2 is 1.85 bits per heavy atom. The van der Waals surface area contributed by atoms with Crippen molar-refractivity contribution in [3.63, 3.8) is 0 Å². The first kappa shape index (κ1) is 17.4. The molecule has 2 aromatic carbocycles. The lowest BCUT2D eigenvalue weighted by Crippen LogP contribution is -1.89. The fourth-order valence-corrected chi connectivity index (χ4v) is 3.92. The number of benzene rings is 2. The zero-order valence-corrected chi connectivity index (χ0v) is 16.1. The van der Waals surface area contributed by atoms with Gasteiger partial charge in [0.25, 0.3) is 0 Å². The van der Waals surface area contributed by atoms with Crippen molar-refractivity contribution in [1.82, 2.24) is 4.57 Å². The van der Waals surface area contributed by atoms with Gasteiger partial charge in [0.1, 0.15) is 0 Å². The zero-order valence-electron chi connectivity index (χ0n) is 16.1. The second-order valence-corrected chi connectivity index (χ2v) is 7.03. The molecular weight excluding hydrogens is 326 g/mol. The van der Waals surface area contributed by atoms with Crippen molar-refractivity contribution < 1.29 is 0 Å². The summed E-state index contributed by atoms with van der Waals surface area (Å²) in [4.78, 5) is 0. The normalized spacial score (nSPS) is 15.0. The molecule has 0 spiro atoms. The number of nitrogens with zero attached hydrogens (tertiary/aromatic N) is 1. The van der Waals surface area contributed by atoms with Gasteiger partial charge in [-0.1, -0.05) is 61.2 Å². The van der Waals surface area contributed by atoms with E-state index >= 15 is 0 Å². The van der Waals surface area contributed by atoms with Gasteiger partial charge in [0, 0.05) is 28.9 Å². The topological polar surface area (TPSA) is 4.93 Å². The highest BCUT2D eigenvalue weighted by Crippen LogP contribution is 2.34. The van der Waals surface area contributed by atoms with Crippen LogP contribution in [0, 0.1) is 0 Å². The van der Waals surface area contributed by atoms with E-state index in [1.165, 1.54) is 38.5 Å². The molecule has 0 saturated carbocycles. The van der Waals surface area contributed by atoms with Gasteiger partial charge in [-0.05, 0) is 66.3 Å². The fraction of sp³-hybridized carbons (Fsp3) is 0.154. The van der Waals surface area contributed by atoms with E-state index in [1.54, 1.807) is 0 Å². The van der Waals surface area contributed by atoms with Crippen LogP contribution in [0.2, 0.25) is 0 Å². The highest BCUT2D eigenvalue weighted by atomic mass is 14.9. The lowest BCUT2D eigenvalue weighted by atomic mass is 9.95. The van der Waals surface area contributed by atoms with E-state index < -0.39 is 0 Å². The van der Waals surface area contributed by atoms with Crippen LogP contribution in [-0.4, -0.2) is 4.57 Å². The van der Waals surface area contributed by atoms with E-state index in [9.17, 15) is 0 Å². The van der Waals surface area contributed by atoms with Crippen LogP contribution in [0.1, 0.15) is 30.9 Å². The SMILES string of the molecule is C=C/C(=C\C=C/C)c1ccc2c(c1)c1cc(C3=CC=CCC3)ccc1n2C. The molecule has 1 nitrogen and oxygen atoms in total. The fourth-order valence-electron chi connectivity index (χ4n) is 3.92. The molecule has 27 heavy (non-hydrogen) atoms. The first-order valence-electron chi connectivity index (χ1n) is 9.57. The van der Waals surface area contributed by atoms with Crippen LogP contribution in [0.5, 0.6) is 0 Å². The van der Waals surface area contributed by atoms with Gasteiger partial charge in [0.15, 0.2) is 0 Å². The number of rotatable bonds is 4. The quantitative estimate of drug-likeness (QED) is 0.438. The third-order valence-corrected chi connectivity index (χ3v) is 5.41. The molecule has 0 fully saturated rings. The Morgan fingerprint density at radius 3 is 2.56 bits per heavy atom. The molecule has 0 saturated heterocycles. The lowest BCUT2D eigenvalue weighted by molar-refractivity contribution is 1.01. The average Bonchev–Trinajstić information content (AvgIpc) is 3.01. The maximum absolute atomic E-state index is 3.99. The predicted octanol–water partition coefficient (Wildman–Crippen LogP) is 7.21. The Balaban J connectivity index is 1.93. The monoisotopic (exact) mass is 351 g/mol. The molecule has 134 valence electrons. The van der Waals surface area contributed by atoms with Crippen molar-refractivity contribution in [3.8, 4) is 0 Å². The smallest absolute Gasteiger partial charge is 0.0489 e. The van der Waals surface area contributed by atoms with Crippen LogP contribution in [0.3, 0.4) is 0 Å². The third-order valence-electron chi connectivity index (χ3n) is 5.41. The second-order valence-electron chi connectivity index (χ2n) is 7.03. The summed E-state index contributed by atoms with van der Waals surface area (Å²) >= 11 is 0. The predicted molar refractivity (Wildman–Crippen MR) is 120 cm³/mol. The molecule has 3 aromatic rings. The Bertz CT molecular complexity index is 1150. The standard InChI is InChI=1S/C26H25N/c1-4-6-10-19(5-2)21-13-15-25-23(17-21)24-18-22(14-16-26(24)27(25)3)20-11-8-7-9-12-20/h4-8,10-11,13-18H,2,9,12H2,1,3H3/b6-4-,19-10+. The van der Waals surface area contributed by atoms with Crippen molar-refractivity contribution in [3.05, 3.63) is 96.6 Å². The van der Waals surface area contributed by atoms with E-state index in [2.05, 4.69) is 85.0 Å². The van der Waals surface area contributed by atoms with Crippen LogP contribution in [-0.2, 0) is 7.05 Å². The van der Waals surface area contributed by atoms with E-state index in [0.29, 0.717) is 0 Å². The Morgan fingerprint density at radius 1 is 1.07 bits per heavy atom. The van der Waals surface area contributed by atoms with Crippen molar-refractivity contribution >= 4 is 33.0 Å². The summed E-state index contributed by atoms with van der Waals surface area (Å²) < 4.78 is 2.29. The first-order valence-corrected chi connectivity index (χ1v) is 9.57. The van der Waals surface area contributed by atoms with Crippen molar-refractivity contribution in [2.75, 3.05) is 0 Å². The van der Waals surface area contributed by atoms with Gasteiger partial charge >= 0.3 is 0 Å². The molecule has 0 radical (unpaired) electrons. The molecular formula is C26H25N. The number of hydrogen-bond donors (Lipinski definition) is 0. The molecule has 0 atom stereocenters. The van der Waals surface area contributed by atoms with Gasteiger partial charge in [-0.3, -0.25) is 0 Å². The van der Waals surface area contributed by atoms with Crippen LogP contribution in [0.15, 0.2) is 85.5 Å². The van der Waals surface area contributed by atoms with Gasteiger partial charge in [0.05, 0.1) is 0 Å². The number of aryl methyl sites for hydroxylation is 1. The minimum atomic E-state index is 1.12. The molecule has 0 bridgehead atoms. The summed E-state index contributed by atoms with van der Waals surface area (Å²) in [6.45, 7) is 6.02. The minimum absolute atomic E-state index is 1.12. The second kappa shape index (κ2) is 7.28. The average molecular weight is 351 g/mol. The van der Waals surface area contributed by atoms with E-state index in [4.69, 9.17) is 0 Å².